The predicted molar refractivity (Wildman–Crippen MR) is 76.8 cm³/mol. The SMILES string of the molecule is COCCN(C)S(=O)(=O)c1c(C)c(C)cc(N)c1C. The van der Waals surface area contributed by atoms with E-state index in [2.05, 4.69) is 0 Å². The molecule has 0 aromatic heterocycles. The van der Waals surface area contributed by atoms with Crippen LogP contribution in [0.4, 0.5) is 5.69 Å². The lowest BCUT2D eigenvalue weighted by Crippen LogP contribution is -2.31. The summed E-state index contributed by atoms with van der Waals surface area (Å²) in [6, 6.07) is 1.80. The summed E-state index contributed by atoms with van der Waals surface area (Å²) in [6.07, 6.45) is 0. The number of methoxy groups -OCH3 is 1. The number of nitrogens with zero attached hydrogens (tertiary/aromatic N) is 1. The van der Waals surface area contributed by atoms with Gasteiger partial charge in [0.2, 0.25) is 10.0 Å². The number of benzene rings is 1. The highest BCUT2D eigenvalue weighted by molar-refractivity contribution is 7.89. The van der Waals surface area contributed by atoms with Gasteiger partial charge in [-0.25, -0.2) is 8.42 Å². The molecule has 0 fully saturated rings. The molecule has 5 nitrogen and oxygen atoms in total. The fraction of sp³-hybridized carbons (Fsp3) is 0.538. The van der Waals surface area contributed by atoms with Crippen molar-refractivity contribution in [3.05, 3.63) is 22.8 Å². The van der Waals surface area contributed by atoms with E-state index in [4.69, 9.17) is 10.5 Å². The smallest absolute Gasteiger partial charge is 0.243 e. The Bertz CT molecular complexity index is 541. The van der Waals surface area contributed by atoms with E-state index in [-0.39, 0.29) is 0 Å². The van der Waals surface area contributed by atoms with Crippen LogP contribution in [0.2, 0.25) is 0 Å². The minimum atomic E-state index is -3.54. The van der Waals surface area contributed by atoms with Gasteiger partial charge in [-0.15, -0.1) is 0 Å². The summed E-state index contributed by atoms with van der Waals surface area (Å²) in [7, 11) is -0.454. The van der Waals surface area contributed by atoms with Gasteiger partial charge in [0, 0.05) is 26.4 Å². The Balaban J connectivity index is 3.37. The van der Waals surface area contributed by atoms with E-state index in [0.29, 0.717) is 29.3 Å². The van der Waals surface area contributed by atoms with Gasteiger partial charge < -0.3 is 10.5 Å². The standard InChI is InChI=1S/C13H22N2O3S/c1-9-8-12(14)11(3)13(10(9)2)19(16,17)15(4)6-7-18-5/h8H,6-7,14H2,1-5H3. The molecule has 2 N–H and O–H groups in total. The Labute approximate surface area is 115 Å². The molecule has 0 amide bonds. The van der Waals surface area contributed by atoms with E-state index < -0.39 is 10.0 Å². The maximum atomic E-state index is 12.6. The van der Waals surface area contributed by atoms with Crippen LogP contribution in [0.3, 0.4) is 0 Å². The second-order valence-corrected chi connectivity index (χ2v) is 6.66. The Morgan fingerprint density at radius 1 is 1.26 bits per heavy atom. The monoisotopic (exact) mass is 286 g/mol. The second kappa shape index (κ2) is 5.90. The third-order valence-corrected chi connectivity index (χ3v) is 5.49. The van der Waals surface area contributed by atoms with Gasteiger partial charge in [-0.2, -0.15) is 4.31 Å². The van der Waals surface area contributed by atoms with Crippen LogP contribution in [0.1, 0.15) is 16.7 Å². The van der Waals surface area contributed by atoms with Crippen molar-refractivity contribution in [2.24, 2.45) is 0 Å². The fourth-order valence-corrected chi connectivity index (χ4v) is 3.60. The van der Waals surface area contributed by atoms with Crippen molar-refractivity contribution in [1.29, 1.82) is 0 Å². The third kappa shape index (κ3) is 3.08. The number of nitrogens with two attached hydrogens (primary N) is 1. The van der Waals surface area contributed by atoms with Crippen LogP contribution in [0, 0.1) is 20.8 Å². The molecule has 0 aliphatic rings. The topological polar surface area (TPSA) is 72.6 Å². The first-order valence-electron chi connectivity index (χ1n) is 6.05. The Kier molecular flexibility index (Phi) is 4.95. The summed E-state index contributed by atoms with van der Waals surface area (Å²) < 4.78 is 31.4. The molecule has 0 bridgehead atoms. The van der Waals surface area contributed by atoms with E-state index in [1.165, 1.54) is 4.31 Å². The van der Waals surface area contributed by atoms with Crippen LogP contribution in [-0.2, 0) is 14.8 Å². The molecule has 108 valence electrons. The first-order chi connectivity index (χ1) is 8.73. The first-order valence-corrected chi connectivity index (χ1v) is 7.49. The van der Waals surface area contributed by atoms with Crippen LogP contribution in [-0.4, -0.2) is 40.0 Å². The Hall–Kier alpha value is -1.11. The lowest BCUT2D eigenvalue weighted by Gasteiger charge is -2.21. The first kappa shape index (κ1) is 15.9. The molecule has 1 aromatic rings. The molecule has 0 unspecified atom stereocenters. The number of anilines is 1. The van der Waals surface area contributed by atoms with E-state index in [9.17, 15) is 8.42 Å². The highest BCUT2D eigenvalue weighted by atomic mass is 32.2. The molecule has 0 aliphatic heterocycles. The number of hydrogen-bond donors (Lipinski definition) is 1. The van der Waals surface area contributed by atoms with Crippen molar-refractivity contribution < 1.29 is 13.2 Å². The van der Waals surface area contributed by atoms with Crippen molar-refractivity contribution in [3.8, 4) is 0 Å². The molecule has 0 saturated carbocycles. The summed E-state index contributed by atoms with van der Waals surface area (Å²) >= 11 is 0. The van der Waals surface area contributed by atoms with Crippen LogP contribution in [0.5, 0.6) is 0 Å². The average molecular weight is 286 g/mol. The highest BCUT2D eigenvalue weighted by Crippen LogP contribution is 2.29. The fourth-order valence-electron chi connectivity index (χ4n) is 1.92. The minimum Gasteiger partial charge on any atom is -0.398 e. The van der Waals surface area contributed by atoms with Gasteiger partial charge in [-0.05, 0) is 43.5 Å². The zero-order valence-corrected chi connectivity index (χ0v) is 13.0. The lowest BCUT2D eigenvalue weighted by atomic mass is 10.1. The zero-order valence-electron chi connectivity index (χ0n) is 12.1. The molecule has 0 radical (unpaired) electrons. The van der Waals surface area contributed by atoms with Crippen LogP contribution in [0.25, 0.3) is 0 Å². The number of likely N-dealkylation sites (N-methyl/N-ethyl adjacent to an activating group) is 1. The highest BCUT2D eigenvalue weighted by Gasteiger charge is 2.26. The predicted octanol–water partition coefficient (Wildman–Crippen LogP) is 1.46. The van der Waals surface area contributed by atoms with Gasteiger partial charge >= 0.3 is 0 Å². The quantitative estimate of drug-likeness (QED) is 0.832. The summed E-state index contributed by atoms with van der Waals surface area (Å²) in [4.78, 5) is 0.309. The molecule has 1 rings (SSSR count). The molecular weight excluding hydrogens is 264 g/mol. The minimum absolute atomic E-state index is 0.309. The zero-order chi connectivity index (χ0) is 14.8. The van der Waals surface area contributed by atoms with Gasteiger partial charge in [0.25, 0.3) is 0 Å². The summed E-state index contributed by atoms with van der Waals surface area (Å²) in [5, 5.41) is 0. The number of hydrogen-bond acceptors (Lipinski definition) is 4. The van der Waals surface area contributed by atoms with Crippen molar-refractivity contribution in [2.75, 3.05) is 33.0 Å². The number of sulfonamides is 1. The maximum Gasteiger partial charge on any atom is 0.243 e. The van der Waals surface area contributed by atoms with Crippen LogP contribution >= 0.6 is 0 Å². The van der Waals surface area contributed by atoms with Crippen molar-refractivity contribution in [3.63, 3.8) is 0 Å². The third-order valence-electron chi connectivity index (χ3n) is 3.36. The summed E-state index contributed by atoms with van der Waals surface area (Å²) in [5.74, 6) is 0. The molecule has 0 spiro atoms. The van der Waals surface area contributed by atoms with Gasteiger partial charge in [-0.3, -0.25) is 0 Å². The maximum absolute atomic E-state index is 12.6. The van der Waals surface area contributed by atoms with E-state index in [1.807, 2.05) is 6.92 Å². The number of rotatable bonds is 5. The summed E-state index contributed by atoms with van der Waals surface area (Å²) in [5.41, 5.74) is 8.61. The molecular formula is C13H22N2O3S. The Morgan fingerprint density at radius 2 is 1.84 bits per heavy atom. The molecule has 0 aliphatic carbocycles. The molecule has 0 saturated heterocycles. The normalized spacial score (nSPS) is 12.1. The van der Waals surface area contributed by atoms with E-state index in [0.717, 1.165) is 11.1 Å². The van der Waals surface area contributed by atoms with Crippen molar-refractivity contribution in [2.45, 2.75) is 25.7 Å². The molecule has 0 heterocycles. The molecule has 1 aromatic carbocycles. The van der Waals surface area contributed by atoms with Gasteiger partial charge in [0.1, 0.15) is 0 Å². The van der Waals surface area contributed by atoms with Gasteiger partial charge in [0.05, 0.1) is 11.5 Å². The van der Waals surface area contributed by atoms with Crippen LogP contribution < -0.4 is 5.73 Å². The van der Waals surface area contributed by atoms with Crippen molar-refractivity contribution >= 4 is 15.7 Å². The largest absolute Gasteiger partial charge is 0.398 e. The lowest BCUT2D eigenvalue weighted by molar-refractivity contribution is 0.185. The average Bonchev–Trinajstić information content (AvgIpc) is 2.33. The molecule has 6 heteroatoms. The second-order valence-electron chi connectivity index (χ2n) is 4.68. The van der Waals surface area contributed by atoms with Crippen LogP contribution in [0.15, 0.2) is 11.0 Å². The number of nitrogen functional groups attached to an aromatic ring is 1. The number of aryl methyl sites for hydroxylation is 1. The molecule has 19 heavy (non-hydrogen) atoms. The van der Waals surface area contributed by atoms with Crippen molar-refractivity contribution in [1.82, 2.24) is 4.31 Å². The van der Waals surface area contributed by atoms with E-state index >= 15 is 0 Å². The van der Waals surface area contributed by atoms with E-state index in [1.54, 1.807) is 34.1 Å². The Morgan fingerprint density at radius 3 is 2.37 bits per heavy atom. The molecule has 0 atom stereocenters. The van der Waals surface area contributed by atoms with Gasteiger partial charge in [0.15, 0.2) is 0 Å². The van der Waals surface area contributed by atoms with Gasteiger partial charge in [-0.1, -0.05) is 0 Å². The number of ether oxygens (including phenoxy) is 1. The summed E-state index contributed by atoms with van der Waals surface area (Å²) in [6.45, 7) is 6.07.